The Kier molecular flexibility index (Phi) is 3.12. The average Bonchev–Trinajstić information content (AvgIpc) is 1.81. The largest absolute Gasteiger partial charge is 0.409 e. The summed E-state index contributed by atoms with van der Waals surface area (Å²) in [5, 5.41) is 0. The molecule has 0 saturated heterocycles. The number of allylic oxidation sites excluding steroid dienone is 2. The monoisotopic (exact) mass is 152 g/mol. The van der Waals surface area contributed by atoms with Crippen LogP contribution < -0.4 is 0 Å². The van der Waals surface area contributed by atoms with E-state index >= 15 is 0 Å². The van der Waals surface area contributed by atoms with Crippen molar-refractivity contribution in [2.45, 2.75) is 19.5 Å². The van der Waals surface area contributed by atoms with Crippen molar-refractivity contribution in [2.24, 2.45) is 0 Å². The van der Waals surface area contributed by atoms with Gasteiger partial charge in [0.25, 0.3) is 0 Å². The molecule has 0 unspecified atom stereocenters. The minimum absolute atomic E-state index is 0.0567. The number of alkyl halides is 3. The van der Waals surface area contributed by atoms with Crippen LogP contribution in [0.3, 0.4) is 0 Å². The number of hydrogen-bond acceptors (Lipinski definition) is 1. The van der Waals surface area contributed by atoms with Gasteiger partial charge < -0.3 is 0 Å². The minimum atomic E-state index is -4.37. The molecule has 0 saturated carbocycles. The predicted molar refractivity (Wildman–Crippen MR) is 30.5 cm³/mol. The van der Waals surface area contributed by atoms with Crippen LogP contribution in [0, 0.1) is 0 Å². The Bertz CT molecular complexity index is 146. The van der Waals surface area contributed by atoms with Crippen molar-refractivity contribution in [3.8, 4) is 0 Å². The molecule has 0 radical (unpaired) electrons. The Morgan fingerprint density at radius 3 is 2.30 bits per heavy atom. The van der Waals surface area contributed by atoms with Crippen LogP contribution in [0.2, 0.25) is 0 Å². The lowest BCUT2D eigenvalue weighted by molar-refractivity contribution is -0.115. The average molecular weight is 152 g/mol. The van der Waals surface area contributed by atoms with Crippen LogP contribution in [0.25, 0.3) is 0 Å². The fourth-order valence-electron chi connectivity index (χ4n) is 0.305. The van der Waals surface area contributed by atoms with Gasteiger partial charge in [0.15, 0.2) is 5.78 Å². The van der Waals surface area contributed by atoms with Crippen LogP contribution in [0.4, 0.5) is 13.2 Å². The normalized spacial score (nSPS) is 12.4. The highest BCUT2D eigenvalue weighted by atomic mass is 19.4. The molecule has 0 aliphatic heterocycles. The van der Waals surface area contributed by atoms with Crippen LogP contribution in [0.15, 0.2) is 12.2 Å². The lowest BCUT2D eigenvalue weighted by Crippen LogP contribution is -2.02. The summed E-state index contributed by atoms with van der Waals surface area (Å²) in [4.78, 5) is 10.3. The van der Waals surface area contributed by atoms with Crippen LogP contribution in [0.1, 0.15) is 13.3 Å². The fourth-order valence-corrected chi connectivity index (χ4v) is 0.305. The molecule has 0 aromatic heterocycles. The molecule has 0 bridgehead atoms. The zero-order valence-corrected chi connectivity index (χ0v) is 5.40. The Hall–Kier alpha value is -0.800. The van der Waals surface area contributed by atoms with Gasteiger partial charge in [0.05, 0.1) is 0 Å². The number of hydrogen-bond donors (Lipinski definition) is 0. The first-order valence-corrected chi connectivity index (χ1v) is 2.74. The molecule has 10 heavy (non-hydrogen) atoms. The third kappa shape index (κ3) is 5.34. The molecular formula is C6H7F3O. The number of halogens is 3. The number of rotatable bonds is 2. The Morgan fingerprint density at radius 1 is 1.50 bits per heavy atom. The van der Waals surface area contributed by atoms with Crippen LogP contribution in [-0.4, -0.2) is 12.0 Å². The zero-order valence-electron chi connectivity index (χ0n) is 5.40. The second-order valence-corrected chi connectivity index (χ2v) is 1.69. The first-order chi connectivity index (χ1) is 4.45. The van der Waals surface area contributed by atoms with E-state index < -0.39 is 12.0 Å². The molecule has 0 N–H and O–H groups in total. The maximum atomic E-state index is 11.3. The third-order valence-corrected chi connectivity index (χ3v) is 0.807. The summed E-state index contributed by atoms with van der Waals surface area (Å²) < 4.78 is 33.9. The molecule has 0 rings (SSSR count). The Balaban J connectivity index is 3.88. The Morgan fingerprint density at radius 2 is 2.00 bits per heavy atom. The van der Waals surface area contributed by atoms with Gasteiger partial charge in [0.1, 0.15) is 0 Å². The topological polar surface area (TPSA) is 17.1 Å². The van der Waals surface area contributed by atoms with Crippen molar-refractivity contribution in [3.05, 3.63) is 12.2 Å². The highest BCUT2D eigenvalue weighted by Gasteiger charge is 2.22. The number of carbonyl (C=O) groups excluding carboxylic acids is 1. The summed E-state index contributed by atoms with van der Waals surface area (Å²) in [7, 11) is 0. The quantitative estimate of drug-likeness (QED) is 0.553. The van der Waals surface area contributed by atoms with Crippen molar-refractivity contribution in [2.75, 3.05) is 0 Å². The van der Waals surface area contributed by atoms with E-state index in [1.54, 1.807) is 0 Å². The van der Waals surface area contributed by atoms with Gasteiger partial charge in [-0.1, -0.05) is 6.92 Å². The summed E-state index contributed by atoms with van der Waals surface area (Å²) in [5.41, 5.74) is 0. The first-order valence-electron chi connectivity index (χ1n) is 2.74. The van der Waals surface area contributed by atoms with Gasteiger partial charge in [-0.2, -0.15) is 13.2 Å². The highest BCUT2D eigenvalue weighted by Crippen LogP contribution is 2.15. The molecule has 0 amide bonds. The molecule has 0 aliphatic carbocycles. The molecular weight excluding hydrogens is 145 g/mol. The van der Waals surface area contributed by atoms with Gasteiger partial charge in [-0.3, -0.25) is 4.79 Å². The maximum Gasteiger partial charge on any atom is 0.409 e. The molecule has 0 aromatic rings. The molecule has 4 heteroatoms. The smallest absolute Gasteiger partial charge is 0.295 e. The van der Waals surface area contributed by atoms with Crippen LogP contribution in [0.5, 0.6) is 0 Å². The van der Waals surface area contributed by atoms with E-state index in [-0.39, 0.29) is 12.5 Å². The van der Waals surface area contributed by atoms with E-state index in [1.165, 1.54) is 6.92 Å². The number of ketones is 1. The summed E-state index contributed by atoms with van der Waals surface area (Å²) >= 11 is 0. The second kappa shape index (κ2) is 3.39. The lowest BCUT2D eigenvalue weighted by Gasteiger charge is -1.95. The van der Waals surface area contributed by atoms with E-state index in [0.717, 1.165) is 0 Å². The fraction of sp³-hybridized carbons (Fsp3) is 0.500. The number of carbonyl (C=O) groups is 1. The van der Waals surface area contributed by atoms with Gasteiger partial charge in [0, 0.05) is 12.5 Å². The van der Waals surface area contributed by atoms with Gasteiger partial charge in [-0.15, -0.1) is 0 Å². The molecule has 0 atom stereocenters. The van der Waals surface area contributed by atoms with Crippen molar-refractivity contribution < 1.29 is 18.0 Å². The molecule has 58 valence electrons. The molecule has 0 aliphatic rings. The van der Waals surface area contributed by atoms with Gasteiger partial charge >= 0.3 is 6.18 Å². The van der Waals surface area contributed by atoms with Gasteiger partial charge in [0.2, 0.25) is 0 Å². The first kappa shape index (κ1) is 9.20. The van der Waals surface area contributed by atoms with Gasteiger partial charge in [-0.05, 0) is 6.08 Å². The summed E-state index contributed by atoms with van der Waals surface area (Å²) in [6, 6.07) is 0. The van der Waals surface area contributed by atoms with Gasteiger partial charge in [-0.25, -0.2) is 0 Å². The van der Waals surface area contributed by atoms with E-state index in [4.69, 9.17) is 0 Å². The minimum Gasteiger partial charge on any atom is -0.295 e. The molecule has 0 aromatic carbocycles. The summed E-state index contributed by atoms with van der Waals surface area (Å²) in [5.74, 6) is -0.516. The molecule has 0 fully saturated rings. The molecule has 0 heterocycles. The SMILES string of the molecule is CCC(=O)/C=C/C(F)(F)F. The highest BCUT2D eigenvalue weighted by molar-refractivity contribution is 5.89. The Labute approximate surface area is 56.5 Å². The molecule has 0 spiro atoms. The van der Waals surface area contributed by atoms with Crippen molar-refractivity contribution >= 4 is 5.78 Å². The maximum absolute atomic E-state index is 11.3. The van der Waals surface area contributed by atoms with E-state index in [0.29, 0.717) is 6.08 Å². The van der Waals surface area contributed by atoms with E-state index in [9.17, 15) is 18.0 Å². The van der Waals surface area contributed by atoms with E-state index in [1.807, 2.05) is 0 Å². The predicted octanol–water partition coefficient (Wildman–Crippen LogP) is 2.08. The van der Waals surface area contributed by atoms with Crippen LogP contribution in [-0.2, 0) is 4.79 Å². The second-order valence-electron chi connectivity index (χ2n) is 1.69. The van der Waals surface area contributed by atoms with Crippen molar-refractivity contribution in [1.82, 2.24) is 0 Å². The van der Waals surface area contributed by atoms with E-state index in [2.05, 4.69) is 0 Å². The molecule has 1 nitrogen and oxygen atoms in total. The van der Waals surface area contributed by atoms with Crippen molar-refractivity contribution in [1.29, 1.82) is 0 Å². The van der Waals surface area contributed by atoms with Crippen LogP contribution >= 0.6 is 0 Å². The standard InChI is InChI=1S/C6H7F3O/c1-2-5(10)3-4-6(7,8)9/h3-4H,2H2,1H3/b4-3+. The van der Waals surface area contributed by atoms with Crippen molar-refractivity contribution in [3.63, 3.8) is 0 Å². The summed E-state index contributed by atoms with van der Waals surface area (Å²) in [6.45, 7) is 1.50. The third-order valence-electron chi connectivity index (χ3n) is 0.807. The lowest BCUT2D eigenvalue weighted by atomic mass is 10.3. The zero-order chi connectivity index (χ0) is 8.20. The summed E-state index contributed by atoms with van der Waals surface area (Å²) in [6.07, 6.45) is -3.78.